The third-order valence-electron chi connectivity index (χ3n) is 2.49. The molecule has 2 aromatic rings. The number of nitrogens with zero attached hydrogens (tertiary/aromatic N) is 1. The van der Waals surface area contributed by atoms with Crippen LogP contribution in [0.1, 0.15) is 10.4 Å². The van der Waals surface area contributed by atoms with E-state index in [-0.39, 0.29) is 0 Å². The molecule has 0 aliphatic heterocycles. The van der Waals surface area contributed by atoms with E-state index >= 15 is 0 Å². The monoisotopic (exact) mass is 321 g/mol. The Bertz CT molecular complexity index is 586. The number of nitrogen functional groups attached to an aromatic ring is 1. The summed E-state index contributed by atoms with van der Waals surface area (Å²) in [5, 5.41) is 14.1. The number of nitrogens with two attached hydrogens (primary N) is 1. The summed E-state index contributed by atoms with van der Waals surface area (Å²) in [5.41, 5.74) is 7.94. The number of benzene rings is 1. The molecule has 0 aliphatic rings. The predicted molar refractivity (Wildman–Crippen MR) is 79.8 cm³/mol. The zero-order valence-electron chi connectivity index (χ0n) is 9.61. The molecule has 0 atom stereocenters. The van der Waals surface area contributed by atoms with Crippen molar-refractivity contribution in [3.63, 3.8) is 0 Å². The van der Waals surface area contributed by atoms with E-state index in [4.69, 9.17) is 11.0 Å². The Balaban J connectivity index is 1.92. The van der Waals surface area contributed by atoms with Crippen LogP contribution in [0.3, 0.4) is 0 Å². The molecule has 0 spiro atoms. The average molecular weight is 322 g/mol. The Labute approximate surface area is 118 Å². The Kier molecular flexibility index (Phi) is 4.24. The van der Waals surface area contributed by atoms with Crippen LogP contribution in [0.15, 0.2) is 34.1 Å². The molecule has 3 nitrogen and oxygen atoms in total. The van der Waals surface area contributed by atoms with Gasteiger partial charge in [-0.3, -0.25) is 0 Å². The van der Waals surface area contributed by atoms with Gasteiger partial charge in [-0.05, 0) is 46.6 Å². The van der Waals surface area contributed by atoms with Gasteiger partial charge in [0.2, 0.25) is 0 Å². The van der Waals surface area contributed by atoms with Gasteiger partial charge >= 0.3 is 0 Å². The maximum absolute atomic E-state index is 8.75. The SMILES string of the molecule is N#Cc1ccc(NCCc2cc(Br)cs2)c(N)c1. The number of rotatable bonds is 4. The van der Waals surface area contributed by atoms with E-state index in [2.05, 4.69) is 38.8 Å². The molecular weight excluding hydrogens is 310 g/mol. The smallest absolute Gasteiger partial charge is 0.0992 e. The van der Waals surface area contributed by atoms with Gasteiger partial charge < -0.3 is 11.1 Å². The largest absolute Gasteiger partial charge is 0.397 e. The fourth-order valence-electron chi connectivity index (χ4n) is 1.60. The minimum atomic E-state index is 0.584. The fraction of sp³-hybridized carbons (Fsp3) is 0.154. The molecule has 0 amide bonds. The van der Waals surface area contributed by atoms with Gasteiger partial charge in [-0.1, -0.05) is 0 Å². The minimum absolute atomic E-state index is 0.584. The van der Waals surface area contributed by atoms with Crippen molar-refractivity contribution in [1.82, 2.24) is 0 Å². The van der Waals surface area contributed by atoms with Gasteiger partial charge in [0.1, 0.15) is 0 Å². The summed E-state index contributed by atoms with van der Waals surface area (Å²) >= 11 is 5.17. The molecule has 0 saturated carbocycles. The second-order valence-electron chi connectivity index (χ2n) is 3.82. The van der Waals surface area contributed by atoms with Crippen molar-refractivity contribution in [2.75, 3.05) is 17.6 Å². The van der Waals surface area contributed by atoms with Crippen LogP contribution < -0.4 is 11.1 Å². The standard InChI is InChI=1S/C13H12BrN3S/c14-10-6-11(18-8-10)3-4-17-13-2-1-9(7-15)5-12(13)16/h1-2,5-6,8,17H,3-4,16H2. The van der Waals surface area contributed by atoms with E-state index in [1.807, 2.05) is 6.07 Å². The van der Waals surface area contributed by atoms with Crippen LogP contribution in [0.25, 0.3) is 0 Å². The number of nitrogens with one attached hydrogen (secondary N) is 1. The summed E-state index contributed by atoms with van der Waals surface area (Å²) in [4.78, 5) is 1.32. The quantitative estimate of drug-likeness (QED) is 0.845. The van der Waals surface area contributed by atoms with Crippen molar-refractivity contribution in [3.8, 4) is 6.07 Å². The first kappa shape index (κ1) is 12.9. The van der Waals surface area contributed by atoms with Gasteiger partial charge in [-0.2, -0.15) is 5.26 Å². The highest BCUT2D eigenvalue weighted by Gasteiger charge is 2.01. The van der Waals surface area contributed by atoms with E-state index in [9.17, 15) is 0 Å². The van der Waals surface area contributed by atoms with Crippen molar-refractivity contribution in [3.05, 3.63) is 44.6 Å². The van der Waals surface area contributed by atoms with Gasteiger partial charge in [-0.25, -0.2) is 0 Å². The Morgan fingerprint density at radius 2 is 2.22 bits per heavy atom. The van der Waals surface area contributed by atoms with E-state index in [0.29, 0.717) is 11.3 Å². The van der Waals surface area contributed by atoms with Crippen molar-refractivity contribution >= 4 is 38.6 Å². The third kappa shape index (κ3) is 3.25. The van der Waals surface area contributed by atoms with Gasteiger partial charge in [0.05, 0.1) is 23.0 Å². The van der Waals surface area contributed by atoms with E-state index in [1.54, 1.807) is 23.5 Å². The summed E-state index contributed by atoms with van der Waals surface area (Å²) in [6.07, 6.45) is 0.954. The summed E-state index contributed by atoms with van der Waals surface area (Å²) in [5.74, 6) is 0. The third-order valence-corrected chi connectivity index (χ3v) is 4.25. The molecule has 0 aliphatic carbocycles. The number of hydrogen-bond donors (Lipinski definition) is 2. The lowest BCUT2D eigenvalue weighted by molar-refractivity contribution is 1.04. The first-order valence-corrected chi connectivity index (χ1v) is 7.12. The molecule has 1 aromatic heterocycles. The van der Waals surface area contributed by atoms with Crippen LogP contribution in [-0.4, -0.2) is 6.54 Å². The summed E-state index contributed by atoms with van der Waals surface area (Å²) in [6.45, 7) is 0.822. The maximum Gasteiger partial charge on any atom is 0.0992 e. The number of nitriles is 1. The van der Waals surface area contributed by atoms with Gasteiger partial charge in [0, 0.05) is 21.3 Å². The molecule has 1 heterocycles. The highest BCUT2D eigenvalue weighted by atomic mass is 79.9. The average Bonchev–Trinajstić information content (AvgIpc) is 2.77. The zero-order valence-corrected chi connectivity index (χ0v) is 12.0. The van der Waals surface area contributed by atoms with Crippen LogP contribution in [0.5, 0.6) is 0 Å². The lowest BCUT2D eigenvalue weighted by atomic mass is 10.2. The lowest BCUT2D eigenvalue weighted by Gasteiger charge is -2.08. The number of hydrogen-bond acceptors (Lipinski definition) is 4. The van der Waals surface area contributed by atoms with Crippen LogP contribution in [0.2, 0.25) is 0 Å². The van der Waals surface area contributed by atoms with Crippen LogP contribution in [-0.2, 0) is 6.42 Å². The van der Waals surface area contributed by atoms with Crippen molar-refractivity contribution in [2.24, 2.45) is 0 Å². The number of anilines is 2. The molecule has 3 N–H and O–H groups in total. The van der Waals surface area contributed by atoms with Crippen LogP contribution in [0.4, 0.5) is 11.4 Å². The van der Waals surface area contributed by atoms with E-state index in [1.165, 1.54) is 4.88 Å². The number of halogens is 1. The topological polar surface area (TPSA) is 61.8 Å². The Morgan fingerprint density at radius 1 is 1.39 bits per heavy atom. The molecule has 5 heteroatoms. The summed E-state index contributed by atoms with van der Waals surface area (Å²) in [6, 6.07) is 9.48. The zero-order chi connectivity index (χ0) is 13.0. The van der Waals surface area contributed by atoms with Crippen LogP contribution >= 0.6 is 27.3 Å². The molecule has 0 unspecified atom stereocenters. The molecule has 92 valence electrons. The minimum Gasteiger partial charge on any atom is -0.397 e. The molecule has 0 fully saturated rings. The molecule has 0 saturated heterocycles. The van der Waals surface area contributed by atoms with Gasteiger partial charge in [0.15, 0.2) is 0 Å². The second-order valence-corrected chi connectivity index (χ2v) is 5.73. The maximum atomic E-state index is 8.75. The molecule has 2 rings (SSSR count). The van der Waals surface area contributed by atoms with Crippen molar-refractivity contribution in [2.45, 2.75) is 6.42 Å². The van der Waals surface area contributed by atoms with E-state index in [0.717, 1.165) is 23.1 Å². The van der Waals surface area contributed by atoms with Crippen molar-refractivity contribution in [1.29, 1.82) is 5.26 Å². The summed E-state index contributed by atoms with van der Waals surface area (Å²) < 4.78 is 1.13. The molecular formula is C13H12BrN3S. The highest BCUT2D eigenvalue weighted by molar-refractivity contribution is 9.10. The Morgan fingerprint density at radius 3 is 2.83 bits per heavy atom. The van der Waals surface area contributed by atoms with E-state index < -0.39 is 0 Å². The lowest BCUT2D eigenvalue weighted by Crippen LogP contribution is -2.06. The molecule has 0 bridgehead atoms. The second kappa shape index (κ2) is 5.89. The predicted octanol–water partition coefficient (Wildman–Crippen LogP) is 3.62. The molecule has 0 radical (unpaired) electrons. The first-order chi connectivity index (χ1) is 8.69. The Hall–Kier alpha value is -1.51. The normalized spacial score (nSPS) is 10.0. The van der Waals surface area contributed by atoms with Crippen LogP contribution in [0, 0.1) is 11.3 Å². The van der Waals surface area contributed by atoms with Gasteiger partial charge in [-0.15, -0.1) is 11.3 Å². The number of thiophene rings is 1. The fourth-order valence-corrected chi connectivity index (χ4v) is 3.05. The molecule has 18 heavy (non-hydrogen) atoms. The first-order valence-electron chi connectivity index (χ1n) is 5.45. The van der Waals surface area contributed by atoms with Crippen molar-refractivity contribution < 1.29 is 0 Å². The highest BCUT2D eigenvalue weighted by Crippen LogP contribution is 2.22. The molecule has 1 aromatic carbocycles. The summed E-state index contributed by atoms with van der Waals surface area (Å²) in [7, 11) is 0. The van der Waals surface area contributed by atoms with Gasteiger partial charge in [0.25, 0.3) is 0 Å².